The van der Waals surface area contributed by atoms with E-state index in [0.717, 1.165) is 12.0 Å². The first-order valence-corrected chi connectivity index (χ1v) is 7.28. The van der Waals surface area contributed by atoms with Gasteiger partial charge in [0.05, 0.1) is 5.56 Å². The predicted molar refractivity (Wildman–Crippen MR) is 75.6 cm³/mol. The quantitative estimate of drug-likeness (QED) is 0.901. The zero-order chi connectivity index (χ0) is 14.1. The Morgan fingerprint density at radius 3 is 2.75 bits per heavy atom. The molecule has 1 aliphatic heterocycles. The molecule has 0 saturated heterocycles. The summed E-state index contributed by atoms with van der Waals surface area (Å²) in [6.45, 7) is 3.74. The zero-order valence-electron chi connectivity index (χ0n) is 11.5. The van der Waals surface area contributed by atoms with Crippen LogP contribution in [0.2, 0.25) is 0 Å². The highest BCUT2D eigenvalue weighted by Gasteiger charge is 2.27. The fourth-order valence-electron chi connectivity index (χ4n) is 3.32. The molecule has 0 aromatic carbocycles. The molecule has 1 saturated carbocycles. The lowest BCUT2D eigenvalue weighted by molar-refractivity contribution is 0.0952. The average Bonchev–Trinajstić information content (AvgIpc) is 2.38. The Hall–Kier alpha value is -1.84. The minimum absolute atomic E-state index is 0.189. The van der Waals surface area contributed by atoms with Crippen LogP contribution < -0.4 is 10.9 Å². The molecule has 0 bridgehead atoms. The number of hydrogen-bond donors (Lipinski definition) is 1. The molecule has 4 nitrogen and oxygen atoms in total. The Bertz CT molecular complexity index is 609. The van der Waals surface area contributed by atoms with E-state index in [-0.39, 0.29) is 11.5 Å². The van der Waals surface area contributed by atoms with Crippen LogP contribution in [0.5, 0.6) is 0 Å². The number of fused-ring (bicyclic) bond motifs is 1. The molecule has 1 aromatic rings. The molecule has 1 fully saturated rings. The Labute approximate surface area is 117 Å². The van der Waals surface area contributed by atoms with Gasteiger partial charge in [0, 0.05) is 18.2 Å². The van der Waals surface area contributed by atoms with Crippen LogP contribution in [-0.2, 0) is 12.8 Å². The largest absolute Gasteiger partial charge is 0.427 e. The Morgan fingerprint density at radius 2 is 2.00 bits per heavy atom. The van der Waals surface area contributed by atoms with Gasteiger partial charge in [-0.1, -0.05) is 38.7 Å². The Balaban J connectivity index is 1.96. The van der Waals surface area contributed by atoms with Crippen molar-refractivity contribution >= 4 is 5.91 Å². The lowest BCUT2D eigenvalue weighted by Gasteiger charge is -2.24. The molecule has 2 heterocycles. The molecule has 2 aliphatic rings. The van der Waals surface area contributed by atoms with E-state index in [1.807, 2.05) is 0 Å². The van der Waals surface area contributed by atoms with Crippen LogP contribution in [0.1, 0.15) is 53.8 Å². The van der Waals surface area contributed by atoms with E-state index in [9.17, 15) is 9.59 Å². The lowest BCUT2D eigenvalue weighted by Crippen LogP contribution is -2.32. The summed E-state index contributed by atoms with van der Waals surface area (Å²) < 4.78 is 5.19. The van der Waals surface area contributed by atoms with Gasteiger partial charge in [0.2, 0.25) is 0 Å². The monoisotopic (exact) mass is 273 g/mol. The second-order valence-corrected chi connectivity index (χ2v) is 5.83. The molecular weight excluding hydrogens is 254 g/mol. The van der Waals surface area contributed by atoms with Crippen molar-refractivity contribution in [2.75, 3.05) is 0 Å². The summed E-state index contributed by atoms with van der Waals surface area (Å²) in [5.74, 6) is 0.857. The molecule has 106 valence electrons. The standard InChI is InChI=1S/C16H19NO3/c1-10-7-13-15(16(19)17-10)12(9-14(18)20-13)8-11-5-3-2-4-6-11/h9,11H,1-8H2,(H,17,19). The number of nitrogens with one attached hydrogen (secondary N) is 1. The number of carbonyl (C=O) groups excluding carboxylic acids is 1. The van der Waals surface area contributed by atoms with Gasteiger partial charge >= 0.3 is 5.63 Å². The van der Waals surface area contributed by atoms with Crippen molar-refractivity contribution in [2.24, 2.45) is 5.92 Å². The number of rotatable bonds is 2. The molecule has 1 aliphatic carbocycles. The first-order valence-electron chi connectivity index (χ1n) is 7.28. The first-order chi connectivity index (χ1) is 9.63. The maximum atomic E-state index is 12.1. The summed E-state index contributed by atoms with van der Waals surface area (Å²) in [5, 5.41) is 2.74. The minimum atomic E-state index is -0.364. The van der Waals surface area contributed by atoms with Crippen molar-refractivity contribution in [3.63, 3.8) is 0 Å². The maximum Gasteiger partial charge on any atom is 0.336 e. The van der Waals surface area contributed by atoms with E-state index in [2.05, 4.69) is 11.9 Å². The van der Waals surface area contributed by atoms with E-state index in [0.29, 0.717) is 29.4 Å². The van der Waals surface area contributed by atoms with Crippen LogP contribution in [0.15, 0.2) is 27.6 Å². The molecule has 1 N–H and O–H groups in total. The fraction of sp³-hybridized carbons (Fsp3) is 0.500. The SMILES string of the molecule is C=C1Cc2oc(=O)cc(CC3CCCCC3)c2C(=O)N1. The molecule has 0 atom stereocenters. The van der Waals surface area contributed by atoms with Crippen LogP contribution in [0.3, 0.4) is 0 Å². The van der Waals surface area contributed by atoms with Gasteiger partial charge in [0.25, 0.3) is 5.91 Å². The number of hydrogen-bond acceptors (Lipinski definition) is 3. The summed E-state index contributed by atoms with van der Waals surface area (Å²) in [7, 11) is 0. The molecule has 1 aromatic heterocycles. The topological polar surface area (TPSA) is 59.3 Å². The van der Waals surface area contributed by atoms with Gasteiger partial charge in [-0.2, -0.15) is 0 Å². The first kappa shape index (κ1) is 13.2. The molecule has 3 rings (SSSR count). The second-order valence-electron chi connectivity index (χ2n) is 5.83. The van der Waals surface area contributed by atoms with Crippen LogP contribution in [0.4, 0.5) is 0 Å². The van der Waals surface area contributed by atoms with E-state index in [1.54, 1.807) is 0 Å². The molecule has 0 radical (unpaired) electrons. The van der Waals surface area contributed by atoms with Crippen molar-refractivity contribution < 1.29 is 9.21 Å². The van der Waals surface area contributed by atoms with E-state index < -0.39 is 0 Å². The van der Waals surface area contributed by atoms with Gasteiger partial charge in [-0.3, -0.25) is 4.79 Å². The third-order valence-corrected chi connectivity index (χ3v) is 4.24. The molecule has 4 heteroatoms. The van der Waals surface area contributed by atoms with E-state index >= 15 is 0 Å². The normalized spacial score (nSPS) is 19.6. The van der Waals surface area contributed by atoms with E-state index in [4.69, 9.17) is 4.42 Å². The van der Waals surface area contributed by atoms with Crippen LogP contribution >= 0.6 is 0 Å². The lowest BCUT2D eigenvalue weighted by atomic mass is 9.83. The van der Waals surface area contributed by atoms with Crippen LogP contribution in [0.25, 0.3) is 0 Å². The highest BCUT2D eigenvalue weighted by atomic mass is 16.4. The summed E-state index contributed by atoms with van der Waals surface area (Å²) in [4.78, 5) is 23.8. The minimum Gasteiger partial charge on any atom is -0.427 e. The average molecular weight is 273 g/mol. The van der Waals surface area contributed by atoms with Gasteiger partial charge in [-0.15, -0.1) is 0 Å². The number of amides is 1. The Morgan fingerprint density at radius 1 is 1.25 bits per heavy atom. The van der Waals surface area contributed by atoms with Crippen molar-refractivity contribution in [1.29, 1.82) is 0 Å². The predicted octanol–water partition coefficient (Wildman–Crippen LogP) is 2.56. The summed E-state index contributed by atoms with van der Waals surface area (Å²) >= 11 is 0. The third-order valence-electron chi connectivity index (χ3n) is 4.24. The van der Waals surface area contributed by atoms with Crippen LogP contribution in [0, 0.1) is 5.92 Å². The highest BCUT2D eigenvalue weighted by molar-refractivity contribution is 5.98. The molecule has 0 unspecified atom stereocenters. The summed E-state index contributed by atoms with van der Waals surface area (Å²) in [5.41, 5.74) is 1.62. The Kier molecular flexibility index (Phi) is 3.47. The van der Waals surface area contributed by atoms with Crippen molar-refractivity contribution in [1.82, 2.24) is 5.32 Å². The van der Waals surface area contributed by atoms with Gasteiger partial charge in [-0.05, 0) is 17.9 Å². The molecule has 0 spiro atoms. The summed E-state index contributed by atoms with van der Waals surface area (Å²) in [6, 6.07) is 1.49. The van der Waals surface area contributed by atoms with Gasteiger partial charge in [-0.25, -0.2) is 4.79 Å². The van der Waals surface area contributed by atoms with Gasteiger partial charge in [0.1, 0.15) is 5.76 Å². The zero-order valence-corrected chi connectivity index (χ0v) is 11.5. The number of allylic oxidation sites excluding steroid dienone is 1. The summed E-state index contributed by atoms with van der Waals surface area (Å²) in [6.07, 6.45) is 7.37. The van der Waals surface area contributed by atoms with E-state index in [1.165, 1.54) is 38.2 Å². The van der Waals surface area contributed by atoms with Gasteiger partial charge < -0.3 is 9.73 Å². The van der Waals surface area contributed by atoms with Gasteiger partial charge in [0.15, 0.2) is 0 Å². The maximum absolute atomic E-state index is 12.1. The third kappa shape index (κ3) is 2.55. The highest BCUT2D eigenvalue weighted by Crippen LogP contribution is 2.29. The second kappa shape index (κ2) is 5.27. The fourth-order valence-corrected chi connectivity index (χ4v) is 3.32. The molecule has 1 amide bonds. The van der Waals surface area contributed by atoms with Crippen molar-refractivity contribution in [3.05, 3.63) is 45.6 Å². The van der Waals surface area contributed by atoms with Crippen molar-refractivity contribution in [2.45, 2.75) is 44.9 Å². The molecular formula is C16H19NO3. The smallest absolute Gasteiger partial charge is 0.336 e. The van der Waals surface area contributed by atoms with Crippen molar-refractivity contribution in [3.8, 4) is 0 Å². The molecule has 20 heavy (non-hydrogen) atoms. The van der Waals surface area contributed by atoms with Crippen LogP contribution in [-0.4, -0.2) is 5.91 Å². The number of carbonyl (C=O) groups is 1.